The smallest absolute Gasteiger partial charge is 0.254 e. The van der Waals surface area contributed by atoms with Crippen molar-refractivity contribution in [2.45, 2.75) is 68.7 Å². The van der Waals surface area contributed by atoms with E-state index in [4.69, 9.17) is 0 Å². The summed E-state index contributed by atoms with van der Waals surface area (Å²) in [6.07, 6.45) is 9.73. The molecule has 4 saturated carbocycles. The predicted octanol–water partition coefficient (Wildman–Crippen LogP) is 4.74. The molecule has 4 nitrogen and oxygen atoms in total. The zero-order valence-electron chi connectivity index (χ0n) is 17.8. The molecule has 4 aliphatic carbocycles. The lowest BCUT2D eigenvalue weighted by Gasteiger charge is -2.56. The summed E-state index contributed by atoms with van der Waals surface area (Å²) in [4.78, 5) is 28.4. The molecule has 0 atom stereocenters. The molecule has 0 spiro atoms. The average molecular weight is 415 g/mol. The fourth-order valence-corrected chi connectivity index (χ4v) is 7.05. The van der Waals surface area contributed by atoms with E-state index in [1.165, 1.54) is 50.3 Å². The Morgan fingerprint density at radius 1 is 1.10 bits per heavy atom. The van der Waals surface area contributed by atoms with Crippen LogP contribution in [0, 0.1) is 17.8 Å². The summed E-state index contributed by atoms with van der Waals surface area (Å²) in [6, 6.07) is 7.69. The van der Waals surface area contributed by atoms with E-state index in [2.05, 4.69) is 12.2 Å². The van der Waals surface area contributed by atoms with Gasteiger partial charge in [-0.05, 0) is 74.8 Å². The first-order chi connectivity index (χ1) is 14.0. The van der Waals surface area contributed by atoms with Gasteiger partial charge in [0.1, 0.15) is 0 Å². The van der Waals surface area contributed by atoms with Gasteiger partial charge in [-0.25, -0.2) is 0 Å². The SMILES string of the molecule is CCCCN(C)C(=O)c1ccccc1SCC(=O)NC12CC3CC(CC(C3)C1)C2. The van der Waals surface area contributed by atoms with E-state index < -0.39 is 0 Å². The number of unbranched alkanes of at least 4 members (excludes halogenated alkanes) is 1. The number of thioether (sulfide) groups is 1. The van der Waals surface area contributed by atoms with Crippen molar-refractivity contribution in [3.8, 4) is 0 Å². The quantitative estimate of drug-likeness (QED) is 0.625. The summed E-state index contributed by atoms with van der Waals surface area (Å²) in [5.74, 6) is 3.02. The van der Waals surface area contributed by atoms with E-state index in [1.54, 1.807) is 4.90 Å². The van der Waals surface area contributed by atoms with Gasteiger partial charge in [-0.15, -0.1) is 11.8 Å². The molecule has 0 unspecified atom stereocenters. The van der Waals surface area contributed by atoms with Gasteiger partial charge in [-0.2, -0.15) is 0 Å². The fraction of sp³-hybridized carbons (Fsp3) is 0.667. The number of nitrogens with one attached hydrogen (secondary N) is 1. The van der Waals surface area contributed by atoms with Crippen molar-refractivity contribution in [1.82, 2.24) is 10.2 Å². The molecule has 5 heteroatoms. The van der Waals surface area contributed by atoms with Crippen molar-refractivity contribution in [3.05, 3.63) is 29.8 Å². The van der Waals surface area contributed by atoms with Gasteiger partial charge < -0.3 is 10.2 Å². The van der Waals surface area contributed by atoms with Crippen LogP contribution in [0.1, 0.15) is 68.6 Å². The second-order valence-electron chi connectivity index (χ2n) is 9.61. The highest BCUT2D eigenvalue weighted by Gasteiger charge is 2.51. The highest BCUT2D eigenvalue weighted by Crippen LogP contribution is 2.55. The molecule has 4 bridgehead atoms. The van der Waals surface area contributed by atoms with E-state index in [0.29, 0.717) is 11.3 Å². The minimum atomic E-state index is 0.0445. The average Bonchev–Trinajstić information content (AvgIpc) is 2.68. The summed E-state index contributed by atoms with van der Waals surface area (Å²) in [5.41, 5.74) is 0.765. The number of nitrogens with zero attached hydrogens (tertiary/aromatic N) is 1. The van der Waals surface area contributed by atoms with Gasteiger partial charge in [0.05, 0.1) is 11.3 Å². The molecule has 5 rings (SSSR count). The Bertz CT molecular complexity index is 728. The maximum Gasteiger partial charge on any atom is 0.254 e. The maximum absolute atomic E-state index is 12.8. The van der Waals surface area contributed by atoms with Gasteiger partial charge in [0.2, 0.25) is 5.91 Å². The molecule has 0 aromatic heterocycles. The highest BCUT2D eigenvalue weighted by molar-refractivity contribution is 8.00. The molecule has 0 aliphatic heterocycles. The summed E-state index contributed by atoms with van der Waals surface area (Å²) in [5, 5.41) is 3.44. The Hall–Kier alpha value is -1.49. The monoisotopic (exact) mass is 414 g/mol. The molecular formula is C24H34N2O2S. The van der Waals surface area contributed by atoms with Gasteiger partial charge in [-0.1, -0.05) is 25.5 Å². The minimum absolute atomic E-state index is 0.0445. The number of carbonyl (C=O) groups excluding carboxylic acids is 2. The molecule has 2 amide bonds. The summed E-state index contributed by atoms with van der Waals surface area (Å²) >= 11 is 1.49. The van der Waals surface area contributed by atoms with Crippen LogP contribution in [-0.4, -0.2) is 41.6 Å². The lowest BCUT2D eigenvalue weighted by Crippen LogP contribution is -2.60. The zero-order valence-corrected chi connectivity index (χ0v) is 18.6. The summed E-state index contributed by atoms with van der Waals surface area (Å²) < 4.78 is 0. The number of amides is 2. The number of hydrogen-bond acceptors (Lipinski definition) is 3. The molecule has 1 N–H and O–H groups in total. The largest absolute Gasteiger partial charge is 0.350 e. The third kappa shape index (κ3) is 4.65. The molecule has 1 aromatic carbocycles. The molecule has 0 saturated heterocycles. The van der Waals surface area contributed by atoms with Crippen molar-refractivity contribution >= 4 is 23.6 Å². The van der Waals surface area contributed by atoms with Crippen molar-refractivity contribution in [2.75, 3.05) is 19.3 Å². The van der Waals surface area contributed by atoms with E-state index in [1.807, 2.05) is 31.3 Å². The standard InChI is InChI=1S/C24H34N2O2S/c1-3-4-9-26(2)23(28)20-7-5-6-8-21(20)29-16-22(27)25-24-13-17-10-18(14-24)12-19(11-17)15-24/h5-8,17-19H,3-4,9-16H2,1-2H3,(H,25,27). The molecule has 1 aromatic rings. The van der Waals surface area contributed by atoms with Crippen molar-refractivity contribution < 1.29 is 9.59 Å². The molecule has 29 heavy (non-hydrogen) atoms. The van der Waals surface area contributed by atoms with Crippen LogP contribution in [-0.2, 0) is 4.79 Å². The van der Waals surface area contributed by atoms with E-state index in [9.17, 15) is 9.59 Å². The Balaban J connectivity index is 1.36. The van der Waals surface area contributed by atoms with Gasteiger partial charge in [-0.3, -0.25) is 9.59 Å². The van der Waals surface area contributed by atoms with E-state index >= 15 is 0 Å². The molecule has 158 valence electrons. The van der Waals surface area contributed by atoms with Crippen LogP contribution in [0.15, 0.2) is 29.2 Å². The number of rotatable bonds is 8. The second kappa shape index (κ2) is 8.71. The first-order valence-corrected chi connectivity index (χ1v) is 12.2. The van der Waals surface area contributed by atoms with Gasteiger partial charge in [0, 0.05) is 24.0 Å². The second-order valence-corrected chi connectivity index (χ2v) is 10.6. The maximum atomic E-state index is 12.8. The molecular weight excluding hydrogens is 380 g/mol. The molecule has 0 heterocycles. The third-order valence-electron chi connectivity index (χ3n) is 7.11. The van der Waals surface area contributed by atoms with Crippen LogP contribution in [0.5, 0.6) is 0 Å². The van der Waals surface area contributed by atoms with Crippen LogP contribution in [0.2, 0.25) is 0 Å². The topological polar surface area (TPSA) is 49.4 Å². The first-order valence-electron chi connectivity index (χ1n) is 11.3. The Morgan fingerprint density at radius 3 is 2.34 bits per heavy atom. The number of carbonyl (C=O) groups is 2. The Kier molecular flexibility index (Phi) is 6.24. The van der Waals surface area contributed by atoms with E-state index in [-0.39, 0.29) is 17.4 Å². The van der Waals surface area contributed by atoms with Gasteiger partial charge >= 0.3 is 0 Å². The van der Waals surface area contributed by atoms with Crippen molar-refractivity contribution in [3.63, 3.8) is 0 Å². The molecule has 4 fully saturated rings. The normalized spacial score (nSPS) is 29.7. The van der Waals surface area contributed by atoms with Crippen molar-refractivity contribution in [1.29, 1.82) is 0 Å². The zero-order chi connectivity index (χ0) is 20.4. The summed E-state index contributed by atoms with van der Waals surface area (Å²) in [6.45, 7) is 2.89. The van der Waals surface area contributed by atoms with E-state index in [0.717, 1.165) is 42.0 Å². The van der Waals surface area contributed by atoms with Crippen molar-refractivity contribution in [2.24, 2.45) is 17.8 Å². The minimum Gasteiger partial charge on any atom is -0.350 e. The van der Waals surface area contributed by atoms with Crippen LogP contribution in [0.25, 0.3) is 0 Å². The highest BCUT2D eigenvalue weighted by atomic mass is 32.2. The predicted molar refractivity (Wildman–Crippen MR) is 118 cm³/mol. The first kappa shape index (κ1) is 20.8. The summed E-state index contributed by atoms with van der Waals surface area (Å²) in [7, 11) is 1.86. The Labute approximate surface area is 179 Å². The molecule has 4 aliphatic rings. The Morgan fingerprint density at radius 2 is 1.72 bits per heavy atom. The lowest BCUT2D eigenvalue weighted by atomic mass is 9.53. The van der Waals surface area contributed by atoms with Gasteiger partial charge in [0.25, 0.3) is 5.91 Å². The number of benzene rings is 1. The van der Waals surface area contributed by atoms with Crippen LogP contribution in [0.4, 0.5) is 0 Å². The van der Waals surface area contributed by atoms with Gasteiger partial charge in [0.15, 0.2) is 0 Å². The number of hydrogen-bond donors (Lipinski definition) is 1. The van der Waals surface area contributed by atoms with Crippen LogP contribution >= 0.6 is 11.8 Å². The van der Waals surface area contributed by atoms with Crippen LogP contribution < -0.4 is 5.32 Å². The van der Waals surface area contributed by atoms with Crippen LogP contribution in [0.3, 0.4) is 0 Å². The fourth-order valence-electron chi connectivity index (χ4n) is 6.21. The lowest BCUT2D eigenvalue weighted by molar-refractivity contribution is -0.124. The molecule has 0 radical (unpaired) electrons. The third-order valence-corrected chi connectivity index (χ3v) is 8.19.